The van der Waals surface area contributed by atoms with Crippen molar-refractivity contribution >= 4 is 44.6 Å². The summed E-state index contributed by atoms with van der Waals surface area (Å²) in [5.41, 5.74) is 17.8. The van der Waals surface area contributed by atoms with Crippen LogP contribution in [0.15, 0.2) is 200 Å². The second-order valence-corrected chi connectivity index (χ2v) is 17.7. The summed E-state index contributed by atoms with van der Waals surface area (Å²) in [5.74, 6) is 3.00. The van der Waals surface area contributed by atoms with Crippen molar-refractivity contribution in [2.24, 2.45) is 5.92 Å². The molecule has 0 saturated heterocycles. The van der Waals surface area contributed by atoms with Gasteiger partial charge in [-0.1, -0.05) is 129 Å². The molecular weight excluding hydrogens is 793 g/mol. The molecule has 0 amide bonds. The molecule has 0 unspecified atom stereocenters. The standard InChI is InChI=1S/C60H50N4O/c1-40(2)32-43-16-14-19-47(35-43)62-39-63(57-27-13-12-26-56(57)62)48-20-15-21-49(37-48)65-50-28-29-54-53-24-10-11-25-55(53)64(58(54)38-50)59-36-45(30-31-61-59)60-41(3)33-46(34-42(60)4)52-23-9-8-22-51(52)44-17-6-5-7-18-44/h5-31,33-38,40H,32,39H2,1-4H3. The van der Waals surface area contributed by atoms with Gasteiger partial charge >= 0.3 is 0 Å². The minimum absolute atomic E-state index is 0.598. The molecule has 2 aromatic heterocycles. The van der Waals surface area contributed by atoms with Gasteiger partial charge in [-0.25, -0.2) is 4.98 Å². The van der Waals surface area contributed by atoms with Crippen LogP contribution in [-0.2, 0) is 6.42 Å². The summed E-state index contributed by atoms with van der Waals surface area (Å²) in [5, 5.41) is 2.32. The number of benzene rings is 8. The Bertz CT molecular complexity index is 3360. The van der Waals surface area contributed by atoms with E-state index in [9.17, 15) is 0 Å². The Kier molecular flexibility index (Phi) is 10.2. The maximum absolute atomic E-state index is 6.76. The second-order valence-electron chi connectivity index (χ2n) is 17.7. The van der Waals surface area contributed by atoms with Gasteiger partial charge < -0.3 is 14.5 Å². The number of nitrogens with zero attached hydrogens (tertiary/aromatic N) is 4. The van der Waals surface area contributed by atoms with Gasteiger partial charge in [0.1, 0.15) is 24.0 Å². The molecule has 0 N–H and O–H groups in total. The average Bonchev–Trinajstić information content (AvgIpc) is 3.88. The van der Waals surface area contributed by atoms with Crippen LogP contribution in [0.1, 0.15) is 30.5 Å². The van der Waals surface area contributed by atoms with Crippen LogP contribution in [0.2, 0.25) is 0 Å². The van der Waals surface area contributed by atoms with Crippen molar-refractivity contribution in [1.29, 1.82) is 0 Å². The monoisotopic (exact) mass is 842 g/mol. The molecule has 0 atom stereocenters. The fraction of sp³-hybridized carbons (Fsp3) is 0.117. The van der Waals surface area contributed by atoms with Crippen molar-refractivity contribution in [3.8, 4) is 50.7 Å². The quantitative estimate of drug-likeness (QED) is 0.137. The summed E-state index contributed by atoms with van der Waals surface area (Å²) in [7, 11) is 0. The molecular formula is C60H50N4O. The number of para-hydroxylation sites is 3. The first-order chi connectivity index (χ1) is 31.9. The fourth-order valence-corrected chi connectivity index (χ4v) is 9.97. The lowest BCUT2D eigenvalue weighted by Gasteiger charge is -2.23. The van der Waals surface area contributed by atoms with E-state index < -0.39 is 0 Å². The SMILES string of the molecule is Cc1cc(-c2ccccc2-c2ccccc2)cc(C)c1-c1ccnc(-n2c3ccccc3c3ccc(Oc4cccc(N5CN(c6cccc(CC(C)C)c6)c6ccccc65)c4)cc32)c1. The van der Waals surface area contributed by atoms with E-state index in [0.29, 0.717) is 12.6 Å². The molecule has 8 aromatic carbocycles. The summed E-state index contributed by atoms with van der Waals surface area (Å²) in [6, 6.07) is 69.5. The van der Waals surface area contributed by atoms with Crippen molar-refractivity contribution in [3.05, 3.63) is 217 Å². The van der Waals surface area contributed by atoms with E-state index in [1.807, 2.05) is 12.3 Å². The van der Waals surface area contributed by atoms with Crippen LogP contribution < -0.4 is 14.5 Å². The summed E-state index contributed by atoms with van der Waals surface area (Å²) in [6.45, 7) is 9.70. The topological polar surface area (TPSA) is 33.5 Å². The Balaban J connectivity index is 0.922. The highest BCUT2D eigenvalue weighted by Gasteiger charge is 2.28. The first kappa shape index (κ1) is 39.9. The molecule has 1 aliphatic heterocycles. The summed E-state index contributed by atoms with van der Waals surface area (Å²) < 4.78 is 9.04. The average molecular weight is 843 g/mol. The summed E-state index contributed by atoms with van der Waals surface area (Å²) in [4.78, 5) is 9.80. The molecule has 5 nitrogen and oxygen atoms in total. The van der Waals surface area contributed by atoms with Gasteiger partial charge in [-0.15, -0.1) is 0 Å². The number of ether oxygens (including phenoxy) is 1. The number of aryl methyl sites for hydroxylation is 2. The zero-order valence-corrected chi connectivity index (χ0v) is 37.2. The lowest BCUT2D eigenvalue weighted by molar-refractivity contribution is 0.483. The molecule has 0 fully saturated rings. The Labute approximate surface area is 381 Å². The van der Waals surface area contributed by atoms with Crippen LogP contribution >= 0.6 is 0 Å². The molecule has 5 heteroatoms. The Morgan fingerprint density at radius 3 is 1.89 bits per heavy atom. The molecule has 3 heterocycles. The number of anilines is 4. The Morgan fingerprint density at radius 2 is 1.14 bits per heavy atom. The maximum atomic E-state index is 6.76. The van der Waals surface area contributed by atoms with Crippen molar-refractivity contribution < 1.29 is 4.74 Å². The molecule has 0 spiro atoms. The minimum atomic E-state index is 0.598. The van der Waals surface area contributed by atoms with Gasteiger partial charge in [0.15, 0.2) is 0 Å². The molecule has 316 valence electrons. The predicted octanol–water partition coefficient (Wildman–Crippen LogP) is 16.0. The number of fused-ring (bicyclic) bond motifs is 4. The van der Waals surface area contributed by atoms with E-state index in [4.69, 9.17) is 9.72 Å². The number of hydrogen-bond acceptors (Lipinski definition) is 4. The van der Waals surface area contributed by atoms with E-state index in [1.54, 1.807) is 0 Å². The van der Waals surface area contributed by atoms with Crippen LogP contribution in [-0.4, -0.2) is 16.2 Å². The van der Waals surface area contributed by atoms with Crippen molar-refractivity contribution in [2.45, 2.75) is 34.1 Å². The fourth-order valence-electron chi connectivity index (χ4n) is 9.97. The van der Waals surface area contributed by atoms with Gasteiger partial charge in [-0.05, 0) is 143 Å². The lowest BCUT2D eigenvalue weighted by Crippen LogP contribution is -2.24. The van der Waals surface area contributed by atoms with Crippen molar-refractivity contribution in [2.75, 3.05) is 16.5 Å². The third kappa shape index (κ3) is 7.49. The third-order valence-electron chi connectivity index (χ3n) is 12.7. The normalized spacial score (nSPS) is 12.4. The van der Waals surface area contributed by atoms with E-state index >= 15 is 0 Å². The largest absolute Gasteiger partial charge is 0.457 e. The van der Waals surface area contributed by atoms with Crippen LogP contribution in [0.3, 0.4) is 0 Å². The smallest absolute Gasteiger partial charge is 0.138 e. The Morgan fingerprint density at radius 1 is 0.508 bits per heavy atom. The highest BCUT2D eigenvalue weighted by Crippen LogP contribution is 2.45. The highest BCUT2D eigenvalue weighted by molar-refractivity contribution is 6.09. The molecule has 10 aromatic rings. The predicted molar refractivity (Wildman–Crippen MR) is 271 cm³/mol. The zero-order chi connectivity index (χ0) is 44.0. The minimum Gasteiger partial charge on any atom is -0.457 e. The number of aromatic nitrogens is 2. The Hall–Kier alpha value is -7.89. The van der Waals surface area contributed by atoms with Gasteiger partial charge in [0.2, 0.25) is 0 Å². The molecule has 1 aliphatic rings. The first-order valence-corrected chi connectivity index (χ1v) is 22.6. The molecule has 0 saturated carbocycles. The van der Waals surface area contributed by atoms with Crippen LogP contribution in [0, 0.1) is 19.8 Å². The van der Waals surface area contributed by atoms with E-state index in [2.05, 4.69) is 230 Å². The van der Waals surface area contributed by atoms with E-state index in [1.165, 1.54) is 67.0 Å². The van der Waals surface area contributed by atoms with Crippen LogP contribution in [0.5, 0.6) is 11.5 Å². The van der Waals surface area contributed by atoms with Gasteiger partial charge in [0, 0.05) is 40.5 Å². The molecule has 11 rings (SSSR count). The number of rotatable bonds is 10. The van der Waals surface area contributed by atoms with Gasteiger partial charge in [0.25, 0.3) is 0 Å². The lowest BCUT2D eigenvalue weighted by atomic mass is 9.89. The maximum Gasteiger partial charge on any atom is 0.138 e. The van der Waals surface area contributed by atoms with Crippen molar-refractivity contribution in [1.82, 2.24) is 9.55 Å². The second kappa shape index (κ2) is 16.7. The summed E-state index contributed by atoms with van der Waals surface area (Å²) in [6.07, 6.45) is 3.00. The zero-order valence-electron chi connectivity index (χ0n) is 37.2. The van der Waals surface area contributed by atoms with Crippen LogP contribution in [0.25, 0.3) is 61.0 Å². The highest BCUT2D eigenvalue weighted by atomic mass is 16.5. The number of hydrogen-bond donors (Lipinski definition) is 0. The van der Waals surface area contributed by atoms with Gasteiger partial charge in [-0.2, -0.15) is 0 Å². The molecule has 0 bridgehead atoms. The van der Waals surface area contributed by atoms with Crippen molar-refractivity contribution in [3.63, 3.8) is 0 Å². The van der Waals surface area contributed by atoms with Crippen LogP contribution in [0.4, 0.5) is 22.7 Å². The first-order valence-electron chi connectivity index (χ1n) is 22.6. The van der Waals surface area contributed by atoms with E-state index in [-0.39, 0.29) is 0 Å². The van der Waals surface area contributed by atoms with E-state index in [0.717, 1.165) is 51.4 Å². The number of pyridine rings is 1. The summed E-state index contributed by atoms with van der Waals surface area (Å²) >= 11 is 0. The molecule has 0 aliphatic carbocycles. The molecule has 65 heavy (non-hydrogen) atoms. The van der Waals surface area contributed by atoms with Gasteiger partial charge in [0.05, 0.1) is 22.4 Å². The van der Waals surface area contributed by atoms with Gasteiger partial charge in [-0.3, -0.25) is 4.57 Å². The molecule has 0 radical (unpaired) electrons. The third-order valence-corrected chi connectivity index (χ3v) is 12.7.